The van der Waals surface area contributed by atoms with Gasteiger partial charge in [-0.05, 0) is 48.5 Å². The highest BCUT2D eigenvalue weighted by Gasteiger charge is 2.17. The summed E-state index contributed by atoms with van der Waals surface area (Å²) in [5, 5.41) is 16.0. The Morgan fingerprint density at radius 2 is 1.21 bits per heavy atom. The number of carbonyl (C=O) groups is 2. The van der Waals surface area contributed by atoms with Gasteiger partial charge < -0.3 is 24.1 Å². The zero-order valence-corrected chi connectivity index (χ0v) is 17.0. The van der Waals surface area contributed by atoms with Gasteiger partial charge in [0.25, 0.3) is 5.91 Å². The molecular formula is C26H15FNO5-. The van der Waals surface area contributed by atoms with Crippen LogP contribution < -0.4 is 10.4 Å². The van der Waals surface area contributed by atoms with E-state index in [1.54, 1.807) is 24.3 Å². The van der Waals surface area contributed by atoms with Crippen molar-refractivity contribution in [3.63, 3.8) is 0 Å². The lowest BCUT2D eigenvalue weighted by atomic mass is 10.1. The molecule has 0 saturated carbocycles. The van der Waals surface area contributed by atoms with Crippen LogP contribution in [0.25, 0.3) is 33.1 Å². The quantitative estimate of drug-likeness (QED) is 0.415. The lowest BCUT2D eigenvalue weighted by Gasteiger charge is -2.12. The molecule has 0 spiro atoms. The Hall–Kier alpha value is -4.65. The molecule has 0 aliphatic heterocycles. The summed E-state index contributed by atoms with van der Waals surface area (Å²) in [6.07, 6.45) is 0. The fraction of sp³-hybridized carbons (Fsp3) is 0. The third kappa shape index (κ3) is 3.87. The van der Waals surface area contributed by atoms with Crippen LogP contribution >= 0.6 is 0 Å². The van der Waals surface area contributed by atoms with Gasteiger partial charge in [-0.2, -0.15) is 0 Å². The molecule has 0 bridgehead atoms. The van der Waals surface area contributed by atoms with Crippen molar-refractivity contribution < 1.29 is 27.9 Å². The molecule has 7 heteroatoms. The highest BCUT2D eigenvalue weighted by molar-refractivity contribution is 6.12. The van der Waals surface area contributed by atoms with Crippen molar-refractivity contribution in [2.24, 2.45) is 0 Å². The normalized spacial score (nSPS) is 10.9. The van der Waals surface area contributed by atoms with Crippen LogP contribution in [-0.4, -0.2) is 11.9 Å². The highest BCUT2D eigenvalue weighted by Crippen LogP contribution is 2.28. The number of nitrogens with one attached hydrogen (secondary N) is 1. The van der Waals surface area contributed by atoms with Crippen LogP contribution in [0.3, 0.4) is 0 Å². The molecule has 1 N–H and O–H groups in total. The Kier molecular flexibility index (Phi) is 4.99. The lowest BCUT2D eigenvalue weighted by Crippen LogP contribution is -2.26. The van der Waals surface area contributed by atoms with E-state index in [0.717, 1.165) is 10.8 Å². The summed E-state index contributed by atoms with van der Waals surface area (Å²) < 4.78 is 25.2. The first-order valence-corrected chi connectivity index (χ1v) is 10.00. The fourth-order valence-electron chi connectivity index (χ4n) is 3.60. The average Bonchev–Trinajstić information content (AvgIpc) is 2.81. The van der Waals surface area contributed by atoms with Gasteiger partial charge in [-0.15, -0.1) is 0 Å². The lowest BCUT2D eigenvalue weighted by molar-refractivity contribution is -0.255. The molecule has 0 saturated heterocycles. The number of anilines is 1. The first-order valence-electron chi connectivity index (χ1n) is 10.00. The predicted octanol–water partition coefficient (Wildman–Crippen LogP) is 5.21. The number of aromatic carboxylic acids is 1. The Morgan fingerprint density at radius 3 is 1.76 bits per heavy atom. The van der Waals surface area contributed by atoms with E-state index in [2.05, 4.69) is 5.32 Å². The third-order valence-corrected chi connectivity index (χ3v) is 5.15. The van der Waals surface area contributed by atoms with Crippen molar-refractivity contribution in [3.8, 4) is 0 Å². The van der Waals surface area contributed by atoms with E-state index in [4.69, 9.17) is 8.83 Å². The van der Waals surface area contributed by atoms with E-state index in [0.29, 0.717) is 16.9 Å². The first-order chi connectivity index (χ1) is 16.0. The van der Waals surface area contributed by atoms with Gasteiger partial charge in [0.05, 0.1) is 11.5 Å². The van der Waals surface area contributed by atoms with E-state index >= 15 is 0 Å². The summed E-state index contributed by atoms with van der Waals surface area (Å²) in [4.78, 5) is 24.8. The van der Waals surface area contributed by atoms with Crippen molar-refractivity contribution >= 4 is 50.7 Å². The van der Waals surface area contributed by atoms with Crippen LogP contribution in [0, 0.1) is 5.82 Å². The van der Waals surface area contributed by atoms with Crippen LogP contribution in [0.4, 0.5) is 10.1 Å². The summed E-state index contributed by atoms with van der Waals surface area (Å²) in [5.41, 5.74) is 1.04. The number of carboxylic acid groups (broad SMARTS) is 1. The maximum Gasteiger partial charge on any atom is 0.256 e. The molecule has 1 aromatic heterocycles. The number of amides is 1. The van der Waals surface area contributed by atoms with Crippen LogP contribution in [-0.2, 0) is 0 Å². The summed E-state index contributed by atoms with van der Waals surface area (Å²) in [5.74, 6) is -2.74. The number of halogens is 1. The van der Waals surface area contributed by atoms with E-state index in [-0.39, 0.29) is 22.3 Å². The van der Waals surface area contributed by atoms with Gasteiger partial charge in [-0.25, -0.2) is 4.39 Å². The third-order valence-electron chi connectivity index (χ3n) is 5.15. The van der Waals surface area contributed by atoms with Crippen LogP contribution in [0.1, 0.15) is 20.7 Å². The maximum absolute atomic E-state index is 13.2. The number of carboxylic acids is 1. The summed E-state index contributed by atoms with van der Waals surface area (Å²) in [6, 6.07) is 22.2. The van der Waals surface area contributed by atoms with Crippen LogP contribution in [0.2, 0.25) is 0 Å². The molecular weight excluding hydrogens is 425 g/mol. The van der Waals surface area contributed by atoms with Crippen molar-refractivity contribution in [1.29, 1.82) is 0 Å². The number of carbonyl (C=O) groups excluding carboxylic acids is 2. The standard InChI is InChI=1S/C26H16FNO5/c27-15-9-11-16(12-10-15)28-25(29)19-13-23-24(14-20(19)26(30)31)33-22-8-4-2-6-18(22)17-5-1-3-7-21(17)32-23/h1-14H,(H,28,29)(H,30,31)/p-1. The molecule has 162 valence electrons. The van der Waals surface area contributed by atoms with Crippen LogP contribution in [0.5, 0.6) is 0 Å². The minimum atomic E-state index is -1.55. The predicted molar refractivity (Wildman–Crippen MR) is 120 cm³/mol. The van der Waals surface area contributed by atoms with Crippen molar-refractivity contribution in [3.05, 3.63) is 102 Å². The van der Waals surface area contributed by atoms with Gasteiger partial charge in [0.15, 0.2) is 11.2 Å². The SMILES string of the molecule is O=C([O-])c1cc2oc3ccccc3c3ccccc3oc2cc1C(=O)Nc1ccc(F)cc1. The number of para-hydroxylation sites is 2. The van der Waals surface area contributed by atoms with Gasteiger partial charge in [0.1, 0.15) is 17.0 Å². The number of benzene rings is 4. The van der Waals surface area contributed by atoms with Gasteiger partial charge in [0, 0.05) is 22.0 Å². The molecule has 1 heterocycles. The molecule has 0 atom stereocenters. The smallest absolute Gasteiger partial charge is 0.256 e. The number of hydrogen-bond acceptors (Lipinski definition) is 5. The summed E-state index contributed by atoms with van der Waals surface area (Å²) >= 11 is 0. The largest absolute Gasteiger partial charge is 0.545 e. The minimum Gasteiger partial charge on any atom is -0.545 e. The minimum absolute atomic E-state index is 0.120. The van der Waals surface area contributed by atoms with E-state index < -0.39 is 17.7 Å². The summed E-state index contributed by atoms with van der Waals surface area (Å²) in [6.45, 7) is 0. The highest BCUT2D eigenvalue weighted by atomic mass is 19.1. The van der Waals surface area contributed by atoms with Gasteiger partial charge >= 0.3 is 0 Å². The number of fused-ring (bicyclic) bond motifs is 4. The molecule has 4 aromatic carbocycles. The number of hydrogen-bond donors (Lipinski definition) is 1. The Morgan fingerprint density at radius 1 is 0.697 bits per heavy atom. The second-order valence-electron chi connectivity index (χ2n) is 7.29. The molecule has 0 fully saturated rings. The second kappa shape index (κ2) is 8.12. The van der Waals surface area contributed by atoms with E-state index in [1.807, 2.05) is 24.3 Å². The number of rotatable bonds is 3. The fourth-order valence-corrected chi connectivity index (χ4v) is 3.60. The summed E-state index contributed by atoms with van der Waals surface area (Å²) in [7, 11) is 0. The molecule has 0 radical (unpaired) electrons. The molecule has 33 heavy (non-hydrogen) atoms. The van der Waals surface area contributed by atoms with E-state index in [9.17, 15) is 19.1 Å². The van der Waals surface area contributed by atoms with Gasteiger partial charge in [0.2, 0.25) is 0 Å². The Balaban J connectivity index is 1.77. The maximum atomic E-state index is 13.2. The van der Waals surface area contributed by atoms with Crippen molar-refractivity contribution in [1.82, 2.24) is 0 Å². The average molecular weight is 440 g/mol. The molecule has 0 aliphatic carbocycles. The zero-order chi connectivity index (χ0) is 22.9. The molecule has 0 aliphatic rings. The van der Waals surface area contributed by atoms with Crippen molar-refractivity contribution in [2.75, 3.05) is 5.32 Å². The van der Waals surface area contributed by atoms with Crippen molar-refractivity contribution in [2.45, 2.75) is 0 Å². The molecule has 5 rings (SSSR count). The Bertz CT molecular complexity index is 1600. The zero-order valence-electron chi connectivity index (χ0n) is 17.0. The topological polar surface area (TPSA) is 95.5 Å². The van der Waals surface area contributed by atoms with E-state index in [1.165, 1.54) is 36.4 Å². The molecule has 5 aromatic rings. The molecule has 6 nitrogen and oxygen atoms in total. The molecule has 1 amide bonds. The van der Waals surface area contributed by atoms with Crippen LogP contribution in [0.15, 0.2) is 93.8 Å². The second-order valence-corrected chi connectivity index (χ2v) is 7.29. The van der Waals surface area contributed by atoms with Gasteiger partial charge in [-0.1, -0.05) is 36.4 Å². The Labute approximate surface area is 186 Å². The molecule has 0 unspecified atom stereocenters. The van der Waals surface area contributed by atoms with Gasteiger partial charge in [-0.3, -0.25) is 4.79 Å². The first kappa shape index (κ1) is 20.3. The monoisotopic (exact) mass is 440 g/mol.